The van der Waals surface area contributed by atoms with Crippen LogP contribution in [0.4, 0.5) is 16.0 Å². The number of rotatable bonds is 5. The van der Waals surface area contributed by atoms with Crippen molar-refractivity contribution in [3.8, 4) is 17.3 Å². The second-order valence-corrected chi connectivity index (χ2v) is 5.91. The third-order valence-corrected chi connectivity index (χ3v) is 3.95. The number of benzene rings is 1. The second-order valence-electron chi connectivity index (χ2n) is 5.91. The number of nitriles is 1. The molecule has 0 fully saturated rings. The number of halogens is 1. The molecular formula is C18H16FN7O. The lowest BCUT2D eigenvalue weighted by atomic mass is 9.96. The van der Waals surface area contributed by atoms with Gasteiger partial charge in [-0.25, -0.2) is 14.4 Å². The smallest absolute Gasteiger partial charge is 0.251 e. The zero-order chi connectivity index (χ0) is 19.6. The van der Waals surface area contributed by atoms with Gasteiger partial charge in [0.15, 0.2) is 0 Å². The van der Waals surface area contributed by atoms with E-state index in [1.54, 1.807) is 43.3 Å². The van der Waals surface area contributed by atoms with E-state index in [0.29, 0.717) is 28.5 Å². The number of aryl methyl sites for hydroxylation is 2. The van der Waals surface area contributed by atoms with Gasteiger partial charge >= 0.3 is 0 Å². The minimum Gasteiger partial charge on any atom is -0.366 e. The Labute approximate surface area is 154 Å². The molecule has 3 N–H and O–H groups in total. The van der Waals surface area contributed by atoms with Crippen molar-refractivity contribution >= 4 is 17.5 Å². The molecule has 0 saturated carbocycles. The molecule has 2 aromatic heterocycles. The van der Waals surface area contributed by atoms with Gasteiger partial charge in [-0.15, -0.1) is 0 Å². The third kappa shape index (κ3) is 3.59. The summed E-state index contributed by atoms with van der Waals surface area (Å²) < 4.78 is 16.3. The number of amides is 1. The highest BCUT2D eigenvalue weighted by molar-refractivity contribution is 5.94. The van der Waals surface area contributed by atoms with Crippen molar-refractivity contribution in [3.05, 3.63) is 53.2 Å². The zero-order valence-electron chi connectivity index (χ0n) is 14.7. The maximum absolute atomic E-state index is 14.7. The van der Waals surface area contributed by atoms with Crippen LogP contribution in [0.25, 0.3) is 11.3 Å². The van der Waals surface area contributed by atoms with Crippen molar-refractivity contribution in [2.45, 2.75) is 13.3 Å². The Hall–Kier alpha value is -3.80. The number of carbonyl (C=O) groups is 1. The fraction of sp³-hybridized carbons (Fsp3) is 0.167. The Morgan fingerprint density at radius 2 is 2.19 bits per heavy atom. The normalized spacial score (nSPS) is 10.4. The Morgan fingerprint density at radius 1 is 1.41 bits per heavy atom. The van der Waals surface area contributed by atoms with E-state index >= 15 is 0 Å². The van der Waals surface area contributed by atoms with Crippen molar-refractivity contribution < 1.29 is 9.18 Å². The molecule has 3 aromatic rings. The van der Waals surface area contributed by atoms with Gasteiger partial charge in [-0.3, -0.25) is 9.48 Å². The summed E-state index contributed by atoms with van der Waals surface area (Å²) in [5.41, 5.74) is 7.27. The van der Waals surface area contributed by atoms with E-state index in [1.165, 1.54) is 6.07 Å². The number of nitrogens with one attached hydrogen (secondary N) is 1. The molecule has 2 heterocycles. The number of hydrogen-bond donors (Lipinski definition) is 2. The number of hydrogen-bond acceptors (Lipinski definition) is 6. The van der Waals surface area contributed by atoms with Gasteiger partial charge in [0.2, 0.25) is 5.95 Å². The fourth-order valence-electron chi connectivity index (χ4n) is 2.68. The lowest BCUT2D eigenvalue weighted by Crippen LogP contribution is -2.15. The molecule has 0 bridgehead atoms. The minimum atomic E-state index is -0.892. The van der Waals surface area contributed by atoms with E-state index in [1.807, 2.05) is 6.07 Å². The molecule has 136 valence electrons. The highest BCUT2D eigenvalue weighted by atomic mass is 19.1. The molecule has 0 atom stereocenters. The Bertz CT molecular complexity index is 1070. The number of nitrogens with two attached hydrogens (primary N) is 1. The van der Waals surface area contributed by atoms with E-state index in [-0.39, 0.29) is 17.5 Å². The van der Waals surface area contributed by atoms with Gasteiger partial charge in [0.1, 0.15) is 5.82 Å². The van der Waals surface area contributed by atoms with E-state index in [2.05, 4.69) is 20.4 Å². The predicted octanol–water partition coefficient (Wildman–Crippen LogP) is 2.23. The molecular weight excluding hydrogens is 349 g/mol. The standard InChI is InChI=1S/C18H16FN7O/c1-10-7-22-18(24-11-8-23-26(2)9-11)25-16(10)13-3-4-14(17(21)27)15(19)12(13)5-6-20/h3-4,7-9H,5H2,1-2H3,(H2,21,27)(H,22,24,25). The molecule has 0 saturated heterocycles. The molecule has 0 spiro atoms. The van der Waals surface area contributed by atoms with Gasteiger partial charge in [-0.05, 0) is 18.6 Å². The SMILES string of the molecule is Cc1cnc(Nc2cnn(C)c2)nc1-c1ccc(C(N)=O)c(F)c1CC#N. The van der Waals surface area contributed by atoms with E-state index in [4.69, 9.17) is 11.0 Å². The van der Waals surface area contributed by atoms with E-state index < -0.39 is 11.7 Å². The van der Waals surface area contributed by atoms with Crippen LogP contribution >= 0.6 is 0 Å². The monoisotopic (exact) mass is 365 g/mol. The molecule has 0 aliphatic heterocycles. The number of anilines is 2. The van der Waals surface area contributed by atoms with Crippen molar-refractivity contribution in [2.75, 3.05) is 5.32 Å². The number of nitrogens with zero attached hydrogens (tertiary/aromatic N) is 5. The quantitative estimate of drug-likeness (QED) is 0.715. The number of aromatic nitrogens is 4. The van der Waals surface area contributed by atoms with Crippen LogP contribution in [0.3, 0.4) is 0 Å². The van der Waals surface area contributed by atoms with Crippen LogP contribution in [0.15, 0.2) is 30.7 Å². The Morgan fingerprint density at radius 3 is 2.81 bits per heavy atom. The number of primary amides is 1. The minimum absolute atomic E-state index is 0.0722. The molecule has 0 radical (unpaired) electrons. The van der Waals surface area contributed by atoms with Crippen LogP contribution in [0, 0.1) is 24.1 Å². The molecule has 1 amide bonds. The highest BCUT2D eigenvalue weighted by Crippen LogP contribution is 2.30. The third-order valence-electron chi connectivity index (χ3n) is 3.95. The molecule has 8 nitrogen and oxygen atoms in total. The lowest BCUT2D eigenvalue weighted by molar-refractivity contribution is 0.0996. The van der Waals surface area contributed by atoms with Crippen LogP contribution in [0.2, 0.25) is 0 Å². The van der Waals surface area contributed by atoms with Gasteiger partial charge in [0.05, 0.1) is 35.6 Å². The van der Waals surface area contributed by atoms with Gasteiger partial charge in [0, 0.05) is 30.6 Å². The van der Waals surface area contributed by atoms with Crippen molar-refractivity contribution in [2.24, 2.45) is 12.8 Å². The molecule has 0 aliphatic rings. The van der Waals surface area contributed by atoms with Crippen LogP contribution in [-0.4, -0.2) is 25.7 Å². The molecule has 27 heavy (non-hydrogen) atoms. The first-order chi connectivity index (χ1) is 12.9. The summed E-state index contributed by atoms with van der Waals surface area (Å²) in [6.07, 6.45) is 4.74. The summed E-state index contributed by atoms with van der Waals surface area (Å²) in [6.45, 7) is 1.78. The van der Waals surface area contributed by atoms with E-state index in [0.717, 1.165) is 0 Å². The summed E-state index contributed by atoms with van der Waals surface area (Å²) in [5, 5.41) is 16.2. The van der Waals surface area contributed by atoms with Crippen LogP contribution in [0.1, 0.15) is 21.5 Å². The summed E-state index contributed by atoms with van der Waals surface area (Å²) >= 11 is 0. The maximum Gasteiger partial charge on any atom is 0.251 e. The maximum atomic E-state index is 14.7. The Balaban J connectivity index is 2.10. The summed E-state index contributed by atoms with van der Waals surface area (Å²) in [4.78, 5) is 20.1. The average molecular weight is 365 g/mol. The van der Waals surface area contributed by atoms with Crippen molar-refractivity contribution in [3.63, 3.8) is 0 Å². The predicted molar refractivity (Wildman–Crippen MR) is 96.5 cm³/mol. The van der Waals surface area contributed by atoms with Gasteiger partial charge in [0.25, 0.3) is 5.91 Å². The van der Waals surface area contributed by atoms with Gasteiger partial charge < -0.3 is 11.1 Å². The average Bonchev–Trinajstić information content (AvgIpc) is 3.03. The highest BCUT2D eigenvalue weighted by Gasteiger charge is 2.20. The van der Waals surface area contributed by atoms with Gasteiger partial charge in [-0.1, -0.05) is 6.07 Å². The zero-order valence-corrected chi connectivity index (χ0v) is 14.7. The summed E-state index contributed by atoms with van der Waals surface area (Å²) in [5.74, 6) is -1.40. The largest absolute Gasteiger partial charge is 0.366 e. The summed E-state index contributed by atoms with van der Waals surface area (Å²) in [6, 6.07) is 4.75. The molecule has 0 aliphatic carbocycles. The first kappa shape index (κ1) is 18.0. The first-order valence-corrected chi connectivity index (χ1v) is 7.98. The topological polar surface area (TPSA) is 123 Å². The van der Waals surface area contributed by atoms with Gasteiger partial charge in [-0.2, -0.15) is 10.4 Å². The second kappa shape index (κ2) is 7.21. The Kier molecular flexibility index (Phi) is 4.81. The molecule has 9 heteroatoms. The fourth-order valence-corrected chi connectivity index (χ4v) is 2.68. The lowest BCUT2D eigenvalue weighted by Gasteiger charge is -2.13. The van der Waals surface area contributed by atoms with E-state index in [9.17, 15) is 9.18 Å². The van der Waals surface area contributed by atoms with Crippen molar-refractivity contribution in [1.29, 1.82) is 5.26 Å². The molecule has 0 unspecified atom stereocenters. The van der Waals surface area contributed by atoms with Crippen LogP contribution in [-0.2, 0) is 13.5 Å². The number of carbonyl (C=O) groups excluding carboxylic acids is 1. The van der Waals surface area contributed by atoms with Crippen molar-refractivity contribution in [1.82, 2.24) is 19.7 Å². The molecule has 1 aromatic carbocycles. The first-order valence-electron chi connectivity index (χ1n) is 7.98. The van der Waals surface area contributed by atoms with Crippen LogP contribution < -0.4 is 11.1 Å². The van der Waals surface area contributed by atoms with Crippen LogP contribution in [0.5, 0.6) is 0 Å². The summed E-state index contributed by atoms with van der Waals surface area (Å²) in [7, 11) is 1.78. The molecule has 3 rings (SSSR count).